The molecule has 26 heavy (non-hydrogen) atoms. The quantitative estimate of drug-likeness (QED) is 0.530. The summed E-state index contributed by atoms with van der Waals surface area (Å²) >= 11 is 0. The van der Waals surface area contributed by atoms with E-state index in [1.54, 1.807) is 0 Å². The molecule has 4 nitrogen and oxygen atoms in total. The Morgan fingerprint density at radius 3 is 2.58 bits per heavy atom. The molecule has 2 aromatic carbocycles. The van der Waals surface area contributed by atoms with Crippen molar-refractivity contribution in [1.82, 2.24) is 9.88 Å². The molecule has 4 rings (SSSR count). The van der Waals surface area contributed by atoms with Crippen LogP contribution in [0.25, 0.3) is 22.2 Å². The number of pyridine rings is 1. The zero-order valence-corrected chi connectivity index (χ0v) is 14.3. The lowest BCUT2D eigenvalue weighted by Gasteiger charge is -2.13. The Balaban J connectivity index is 1.85. The minimum atomic E-state index is -0.651. The summed E-state index contributed by atoms with van der Waals surface area (Å²) in [6, 6.07) is 19.1. The summed E-state index contributed by atoms with van der Waals surface area (Å²) in [5, 5.41) is 0.780. The molecule has 3 aromatic rings. The van der Waals surface area contributed by atoms with Gasteiger partial charge in [0.05, 0.1) is 11.2 Å². The number of benzene rings is 2. The summed E-state index contributed by atoms with van der Waals surface area (Å²) in [6.07, 6.45) is 2.01. The van der Waals surface area contributed by atoms with Crippen molar-refractivity contribution >= 4 is 22.6 Å². The van der Waals surface area contributed by atoms with Crippen LogP contribution in [0.2, 0.25) is 0 Å². The fourth-order valence-corrected chi connectivity index (χ4v) is 3.45. The molecule has 0 N–H and O–H groups in total. The van der Waals surface area contributed by atoms with Crippen molar-refractivity contribution in [2.75, 3.05) is 6.54 Å². The highest BCUT2D eigenvalue weighted by atomic mass is 16.2. The molecule has 1 aliphatic rings. The summed E-state index contributed by atoms with van der Waals surface area (Å²) in [6.45, 7) is 4.18. The van der Waals surface area contributed by atoms with Gasteiger partial charge < -0.3 is 4.90 Å². The fraction of sp³-hybridized carbons (Fsp3) is 0.136. The molecule has 1 amide bonds. The smallest absolute Gasteiger partial charge is 0.237 e. The summed E-state index contributed by atoms with van der Waals surface area (Å²) < 4.78 is 0. The summed E-state index contributed by atoms with van der Waals surface area (Å²) in [5.74, 6) is -0.968. The van der Waals surface area contributed by atoms with Crippen molar-refractivity contribution in [3.63, 3.8) is 0 Å². The Kier molecular flexibility index (Phi) is 4.09. The second-order valence-electron chi connectivity index (χ2n) is 6.36. The number of ketones is 1. The van der Waals surface area contributed by atoms with E-state index in [1.807, 2.05) is 60.7 Å². The lowest BCUT2D eigenvalue weighted by Crippen LogP contribution is -2.26. The van der Waals surface area contributed by atoms with Crippen LogP contribution in [0, 0.1) is 5.92 Å². The molecule has 4 heteroatoms. The number of rotatable bonds is 4. The third-order valence-corrected chi connectivity index (χ3v) is 4.83. The minimum Gasteiger partial charge on any atom is -0.319 e. The lowest BCUT2D eigenvalue weighted by atomic mass is 9.92. The van der Waals surface area contributed by atoms with Crippen LogP contribution >= 0.6 is 0 Å². The van der Waals surface area contributed by atoms with E-state index in [0.717, 1.165) is 22.2 Å². The van der Waals surface area contributed by atoms with Crippen molar-refractivity contribution in [2.45, 2.75) is 6.42 Å². The van der Waals surface area contributed by atoms with Gasteiger partial charge in [-0.2, -0.15) is 0 Å². The number of carbonyl (C=O) groups is 2. The maximum atomic E-state index is 13.2. The first-order valence-corrected chi connectivity index (χ1v) is 8.61. The van der Waals surface area contributed by atoms with Gasteiger partial charge in [0.2, 0.25) is 5.91 Å². The number of hydrogen-bond acceptors (Lipinski definition) is 3. The fourth-order valence-electron chi connectivity index (χ4n) is 3.45. The Bertz CT molecular complexity index is 1010. The van der Waals surface area contributed by atoms with E-state index in [0.29, 0.717) is 18.5 Å². The van der Waals surface area contributed by atoms with Crippen LogP contribution in [0.1, 0.15) is 16.8 Å². The lowest BCUT2D eigenvalue weighted by molar-refractivity contribution is -0.127. The monoisotopic (exact) mass is 342 g/mol. The number of hydrogen-bond donors (Lipinski definition) is 0. The van der Waals surface area contributed by atoms with E-state index in [-0.39, 0.29) is 11.7 Å². The van der Waals surface area contributed by atoms with Crippen molar-refractivity contribution < 1.29 is 9.59 Å². The molecule has 2 heterocycles. The van der Waals surface area contributed by atoms with E-state index in [1.165, 1.54) is 11.1 Å². The molecule has 0 unspecified atom stereocenters. The molecule has 128 valence electrons. The molecule has 0 aliphatic carbocycles. The molecular weight excluding hydrogens is 324 g/mol. The van der Waals surface area contributed by atoms with Gasteiger partial charge in [-0.15, -0.1) is 0 Å². The maximum absolute atomic E-state index is 13.2. The highest BCUT2D eigenvalue weighted by Gasteiger charge is 2.36. The Morgan fingerprint density at radius 2 is 1.85 bits per heavy atom. The summed E-state index contributed by atoms with van der Waals surface area (Å²) in [5.41, 5.74) is 2.98. The van der Waals surface area contributed by atoms with Gasteiger partial charge in [-0.25, -0.2) is 4.98 Å². The summed E-state index contributed by atoms with van der Waals surface area (Å²) in [4.78, 5) is 31.9. The zero-order chi connectivity index (χ0) is 18.1. The second-order valence-corrected chi connectivity index (χ2v) is 6.36. The topological polar surface area (TPSA) is 50.3 Å². The Morgan fingerprint density at radius 1 is 1.12 bits per heavy atom. The number of fused-ring (bicyclic) bond motifs is 1. The molecule has 1 fully saturated rings. The van der Waals surface area contributed by atoms with Gasteiger partial charge in [-0.1, -0.05) is 55.1 Å². The average Bonchev–Trinajstić information content (AvgIpc) is 3.07. The Hall–Kier alpha value is -3.27. The first kappa shape index (κ1) is 16.2. The average molecular weight is 342 g/mol. The van der Waals surface area contributed by atoms with Gasteiger partial charge in [0.25, 0.3) is 0 Å². The van der Waals surface area contributed by atoms with Gasteiger partial charge in [-0.05, 0) is 24.8 Å². The van der Waals surface area contributed by atoms with Crippen molar-refractivity contribution in [1.29, 1.82) is 0 Å². The van der Waals surface area contributed by atoms with Crippen LogP contribution in [0.5, 0.6) is 0 Å². The first-order chi connectivity index (χ1) is 12.7. The van der Waals surface area contributed by atoms with Gasteiger partial charge in [0.1, 0.15) is 5.92 Å². The van der Waals surface area contributed by atoms with E-state index >= 15 is 0 Å². The molecule has 1 atom stereocenters. The van der Waals surface area contributed by atoms with Gasteiger partial charge >= 0.3 is 0 Å². The Labute approximate surface area is 151 Å². The van der Waals surface area contributed by atoms with Crippen LogP contribution in [0.3, 0.4) is 0 Å². The molecule has 1 aliphatic heterocycles. The minimum absolute atomic E-state index is 0.143. The van der Waals surface area contributed by atoms with E-state index in [2.05, 4.69) is 6.58 Å². The zero-order valence-electron chi connectivity index (χ0n) is 14.3. The number of para-hydroxylation sites is 1. The number of carbonyl (C=O) groups excluding carboxylic acids is 2. The predicted octanol–water partition coefficient (Wildman–Crippen LogP) is 4.08. The third kappa shape index (κ3) is 2.69. The van der Waals surface area contributed by atoms with Crippen molar-refractivity contribution in [2.24, 2.45) is 5.92 Å². The normalized spacial score (nSPS) is 16.8. The molecular formula is C22H18N2O2. The molecule has 1 aromatic heterocycles. The first-order valence-electron chi connectivity index (χ1n) is 8.61. The van der Waals surface area contributed by atoms with E-state index in [9.17, 15) is 9.59 Å². The van der Waals surface area contributed by atoms with Gasteiger partial charge in [0, 0.05) is 23.1 Å². The standard InChI is InChI=1S/C22H18N2O2/c1-2-24-13-12-17(22(24)26)21(25)18-14-20(15-8-4-3-5-9-15)23-19-11-7-6-10-16(18)19/h2-11,14,17H,1,12-13H2/t17-/m1/s1. The van der Waals surface area contributed by atoms with Crippen molar-refractivity contribution in [3.8, 4) is 11.3 Å². The molecule has 0 radical (unpaired) electrons. The number of nitrogens with zero attached hydrogens (tertiary/aromatic N) is 2. The molecule has 0 bridgehead atoms. The summed E-state index contributed by atoms with van der Waals surface area (Å²) in [7, 11) is 0. The highest BCUT2D eigenvalue weighted by Crippen LogP contribution is 2.29. The van der Waals surface area contributed by atoms with Gasteiger partial charge in [-0.3, -0.25) is 9.59 Å². The maximum Gasteiger partial charge on any atom is 0.237 e. The molecule has 1 saturated heterocycles. The van der Waals surface area contributed by atoms with Crippen LogP contribution < -0.4 is 0 Å². The largest absolute Gasteiger partial charge is 0.319 e. The third-order valence-electron chi connectivity index (χ3n) is 4.83. The van der Waals surface area contributed by atoms with Crippen LogP contribution in [0.4, 0.5) is 0 Å². The van der Waals surface area contributed by atoms with Gasteiger partial charge in [0.15, 0.2) is 5.78 Å². The van der Waals surface area contributed by atoms with E-state index in [4.69, 9.17) is 4.98 Å². The molecule has 0 saturated carbocycles. The van der Waals surface area contributed by atoms with Crippen LogP contribution in [-0.4, -0.2) is 28.1 Å². The molecule has 0 spiro atoms. The van der Waals surface area contributed by atoms with E-state index < -0.39 is 5.92 Å². The number of likely N-dealkylation sites (tertiary alicyclic amines) is 1. The number of aromatic nitrogens is 1. The predicted molar refractivity (Wildman–Crippen MR) is 102 cm³/mol. The van der Waals surface area contributed by atoms with Crippen LogP contribution in [0.15, 0.2) is 73.4 Å². The van der Waals surface area contributed by atoms with Crippen LogP contribution in [-0.2, 0) is 4.79 Å². The van der Waals surface area contributed by atoms with Crippen molar-refractivity contribution in [3.05, 3.63) is 79.0 Å². The highest BCUT2D eigenvalue weighted by molar-refractivity contribution is 6.16. The number of amides is 1. The SMILES string of the molecule is C=CN1CC[C@H](C(=O)c2cc(-c3ccccc3)nc3ccccc23)C1=O. The second kappa shape index (κ2) is 6.56. The number of Topliss-reactive ketones (excluding diaryl/α,β-unsaturated/α-hetero) is 1.